The summed E-state index contributed by atoms with van der Waals surface area (Å²) < 4.78 is 37.5. The molecule has 0 amide bonds. The van der Waals surface area contributed by atoms with Crippen LogP contribution < -0.4 is 30.5 Å². The number of nitrogens with zero attached hydrogens (tertiary/aromatic N) is 2. The summed E-state index contributed by atoms with van der Waals surface area (Å²) in [5, 5.41) is 11.5. The lowest BCUT2D eigenvalue weighted by Gasteiger charge is -2.32. The Morgan fingerprint density at radius 2 is 0.500 bits per heavy atom. The molecule has 14 aromatic rings. The van der Waals surface area contributed by atoms with Crippen LogP contribution >= 0.6 is 0 Å². The first-order chi connectivity index (χ1) is 45.9. The van der Waals surface area contributed by atoms with E-state index in [1.807, 2.05) is 12.1 Å². The molecule has 0 N–H and O–H groups in total. The Hall–Kier alpha value is -9.55. The van der Waals surface area contributed by atoms with Crippen LogP contribution in [0.1, 0.15) is 0 Å². The third kappa shape index (κ3) is 12.3. The van der Waals surface area contributed by atoms with E-state index in [9.17, 15) is 0 Å². The molecule has 0 spiro atoms. The highest BCUT2D eigenvalue weighted by atomic mass is 28.3. The zero-order valence-corrected chi connectivity index (χ0v) is 61.2. The van der Waals surface area contributed by atoms with Gasteiger partial charge in [-0.1, -0.05) is 318 Å². The van der Waals surface area contributed by atoms with Crippen LogP contribution in [0.25, 0.3) is 99.1 Å². The van der Waals surface area contributed by atoms with Crippen LogP contribution in [-0.2, 0) is 0 Å². The van der Waals surface area contributed by atoms with Gasteiger partial charge in [-0.2, -0.15) is 0 Å². The van der Waals surface area contributed by atoms with E-state index in [1.54, 1.807) is 12.1 Å². The van der Waals surface area contributed by atoms with Crippen LogP contribution in [0.3, 0.4) is 0 Å². The maximum atomic E-state index is 18.7. The summed E-state index contributed by atoms with van der Waals surface area (Å²) in [6, 6.07) is 98.9. The summed E-state index contributed by atoms with van der Waals surface area (Å²) in [6.45, 7) is 28.4. The molecule has 0 bridgehead atoms. The van der Waals surface area contributed by atoms with E-state index in [4.69, 9.17) is 0 Å². The van der Waals surface area contributed by atoms with Crippen LogP contribution in [0.2, 0.25) is 78.6 Å². The minimum atomic E-state index is -1.71. The first-order valence-electron chi connectivity index (χ1n) is 33.7. The molecule has 0 heterocycles. The Morgan fingerprint density at radius 1 is 0.240 bits per heavy atom. The summed E-state index contributed by atoms with van der Waals surface area (Å²) in [5.74, 6) is -0.662. The van der Waals surface area contributed by atoms with Crippen LogP contribution in [0.4, 0.5) is 42.9 Å². The molecule has 0 aromatic heterocycles. The van der Waals surface area contributed by atoms with Crippen molar-refractivity contribution in [3.63, 3.8) is 0 Å². The summed E-state index contributed by atoms with van der Waals surface area (Å²) in [6.07, 6.45) is 0. The fourth-order valence-electron chi connectivity index (χ4n) is 13.9. The van der Waals surface area contributed by atoms with E-state index in [1.165, 1.54) is 20.7 Å². The minimum absolute atomic E-state index is 0.331. The topological polar surface area (TPSA) is 6.48 Å². The Morgan fingerprint density at radius 3 is 0.802 bits per heavy atom. The van der Waals surface area contributed by atoms with Gasteiger partial charge in [0.15, 0.2) is 0 Å². The smallest absolute Gasteiger partial charge is 0.148 e. The number of anilines is 6. The van der Waals surface area contributed by atoms with Gasteiger partial charge in [0.05, 0.1) is 55.0 Å². The molecule has 0 atom stereocenters. The molecule has 0 unspecified atom stereocenters. The number of hydrogen-bond donors (Lipinski definition) is 0. The SMILES string of the molecule is C[Si](C)(C)c1ccc(-c2cc(F)c(N(c3ccc(-c4ccccc4)cc3)c3ccc4ccc5c(N(c6ccc(-c7ccccc7)cc6)c6c(F)cc(-c7ccc([Si](C)(C)C)cc7)cc6-c6ccc([Si](C)(C)C)cc6)ccc6ccc3c4c65)c(-c3ccc([Si](C)(C)C)cc3)c2)cc1. The summed E-state index contributed by atoms with van der Waals surface area (Å²) in [4.78, 5) is 4.32. The predicted octanol–water partition coefficient (Wildman–Crippen LogP) is 24.0. The van der Waals surface area contributed by atoms with Gasteiger partial charge >= 0.3 is 0 Å². The second-order valence-corrected chi connectivity index (χ2v) is 50.4. The Kier molecular flexibility index (Phi) is 16.6. The highest BCUT2D eigenvalue weighted by Crippen LogP contribution is 2.52. The quantitative estimate of drug-likeness (QED) is 0.0703. The lowest BCUT2D eigenvalue weighted by molar-refractivity contribution is 0.629. The van der Waals surface area contributed by atoms with Crippen LogP contribution in [0.5, 0.6) is 0 Å². The highest BCUT2D eigenvalue weighted by Gasteiger charge is 2.30. The van der Waals surface area contributed by atoms with Crippen LogP contribution in [0.15, 0.2) is 279 Å². The minimum Gasteiger partial charge on any atom is -0.307 e. The third-order valence-corrected chi connectivity index (χ3v) is 27.7. The van der Waals surface area contributed by atoms with Gasteiger partial charge < -0.3 is 9.80 Å². The Balaban J connectivity index is 1.02. The zero-order chi connectivity index (χ0) is 67.0. The molecule has 0 saturated heterocycles. The third-order valence-electron chi connectivity index (χ3n) is 19.4. The maximum Gasteiger partial charge on any atom is 0.148 e. The highest BCUT2D eigenvalue weighted by molar-refractivity contribution is 6.90. The largest absolute Gasteiger partial charge is 0.307 e. The van der Waals surface area contributed by atoms with Crippen molar-refractivity contribution in [2.75, 3.05) is 9.80 Å². The van der Waals surface area contributed by atoms with E-state index in [2.05, 4.69) is 343 Å². The lowest BCUT2D eigenvalue weighted by atomic mass is 9.90. The van der Waals surface area contributed by atoms with Gasteiger partial charge in [-0.25, -0.2) is 8.78 Å². The number of halogens is 2. The summed E-state index contributed by atoms with van der Waals surface area (Å²) in [5.41, 5.74) is 15.6. The second kappa shape index (κ2) is 24.9. The molecule has 0 aliphatic carbocycles. The van der Waals surface area contributed by atoms with Crippen molar-refractivity contribution in [1.82, 2.24) is 0 Å². The van der Waals surface area contributed by atoms with E-state index in [-0.39, 0.29) is 11.6 Å². The normalized spacial score (nSPS) is 12.3. The van der Waals surface area contributed by atoms with E-state index in [0.717, 1.165) is 122 Å². The van der Waals surface area contributed by atoms with Crippen LogP contribution in [0, 0.1) is 11.6 Å². The number of hydrogen-bond acceptors (Lipinski definition) is 2. The van der Waals surface area contributed by atoms with Gasteiger partial charge in [-0.05, 0) is 138 Å². The molecule has 0 radical (unpaired) electrons. The van der Waals surface area contributed by atoms with Gasteiger partial charge in [0, 0.05) is 33.3 Å². The van der Waals surface area contributed by atoms with E-state index in [0.29, 0.717) is 11.4 Å². The fourth-order valence-corrected chi connectivity index (χ4v) is 18.5. The van der Waals surface area contributed by atoms with Gasteiger partial charge in [0.1, 0.15) is 11.6 Å². The van der Waals surface area contributed by atoms with Gasteiger partial charge in [0.25, 0.3) is 0 Å². The lowest BCUT2D eigenvalue weighted by Crippen LogP contribution is -2.37. The molecule has 96 heavy (non-hydrogen) atoms. The summed E-state index contributed by atoms with van der Waals surface area (Å²) >= 11 is 0. The molecule has 0 saturated carbocycles. The van der Waals surface area contributed by atoms with Crippen molar-refractivity contribution in [1.29, 1.82) is 0 Å². The van der Waals surface area contributed by atoms with Crippen molar-refractivity contribution in [2.45, 2.75) is 78.6 Å². The number of benzene rings is 14. The standard InChI is InChI=1S/C88H82F2N2Si4/c1-93(2,3)73-43-27-63(28-44-73)69-55-79(65-31-47-75(48-32-65)95(7,8)9)87(81(89)57-69)91(71-39-23-61(24-40-71)59-19-15-13-16-20-59)83-53-37-67-36-52-78-84(54-38-68-35-51-77(83)85(67)86(68)78)92(72-41-25-62(26-42-72)60-21-17-14-18-22-60)88-80(66-33-49-76(50-34-66)96(10,11)12)56-70(58-82(88)90)64-29-45-74(46-30-64)94(4,5)6/h13-58H,1-12H3. The molecule has 0 aliphatic rings. The molecule has 8 heteroatoms. The Labute approximate surface area is 570 Å². The number of rotatable bonds is 16. The van der Waals surface area contributed by atoms with Crippen LogP contribution in [-0.4, -0.2) is 32.3 Å². The van der Waals surface area contributed by atoms with Crippen molar-refractivity contribution in [2.24, 2.45) is 0 Å². The zero-order valence-electron chi connectivity index (χ0n) is 57.2. The monoisotopic (exact) mass is 1320 g/mol. The van der Waals surface area contributed by atoms with Crippen molar-refractivity contribution in [3.8, 4) is 66.8 Å². The fraction of sp³-hybridized carbons (Fsp3) is 0.136. The van der Waals surface area contributed by atoms with Gasteiger partial charge in [0.2, 0.25) is 0 Å². The van der Waals surface area contributed by atoms with Crippen molar-refractivity contribution >= 4 is 119 Å². The summed E-state index contributed by atoms with van der Waals surface area (Å²) in [7, 11) is -6.64. The van der Waals surface area contributed by atoms with Crippen molar-refractivity contribution < 1.29 is 8.78 Å². The second-order valence-electron chi connectivity index (χ2n) is 30.1. The maximum absolute atomic E-state index is 18.7. The first kappa shape index (κ1) is 63.8. The average Bonchev–Trinajstić information content (AvgIpc) is 0.719. The Bertz CT molecular complexity index is 4840. The van der Waals surface area contributed by atoms with Crippen molar-refractivity contribution in [3.05, 3.63) is 291 Å². The molecular formula is C88H82F2N2Si4. The van der Waals surface area contributed by atoms with Gasteiger partial charge in [-0.3, -0.25) is 0 Å². The molecule has 0 fully saturated rings. The molecular weight excluding hydrogens is 1240 g/mol. The van der Waals surface area contributed by atoms with Gasteiger partial charge in [-0.15, -0.1) is 0 Å². The molecule has 14 aromatic carbocycles. The predicted molar refractivity (Wildman–Crippen MR) is 424 cm³/mol. The molecule has 2 nitrogen and oxygen atoms in total. The average molecular weight is 1320 g/mol. The molecule has 474 valence electrons. The molecule has 0 aliphatic heterocycles. The first-order valence-corrected chi connectivity index (χ1v) is 47.7. The van der Waals surface area contributed by atoms with E-state index < -0.39 is 32.3 Å². The van der Waals surface area contributed by atoms with E-state index >= 15 is 8.78 Å². The molecule has 14 rings (SSSR count).